The second kappa shape index (κ2) is 6.46. The van der Waals surface area contributed by atoms with Crippen molar-refractivity contribution in [3.63, 3.8) is 0 Å². The van der Waals surface area contributed by atoms with Crippen LogP contribution in [0.5, 0.6) is 5.75 Å². The van der Waals surface area contributed by atoms with E-state index in [9.17, 15) is 0 Å². The first-order chi connectivity index (χ1) is 7.26. The van der Waals surface area contributed by atoms with E-state index >= 15 is 0 Å². The normalized spacial score (nSPS) is 12.5. The van der Waals surface area contributed by atoms with E-state index in [1.54, 1.807) is 7.11 Å². The lowest BCUT2D eigenvalue weighted by atomic mass is 10.0. The molecule has 0 heterocycles. The van der Waals surface area contributed by atoms with Crippen molar-refractivity contribution in [1.82, 2.24) is 5.32 Å². The van der Waals surface area contributed by atoms with Gasteiger partial charge in [-0.1, -0.05) is 26.0 Å². The van der Waals surface area contributed by atoms with Gasteiger partial charge in [0.2, 0.25) is 0 Å². The van der Waals surface area contributed by atoms with E-state index < -0.39 is 0 Å². The molecule has 1 atom stereocenters. The van der Waals surface area contributed by atoms with Gasteiger partial charge in [-0.3, -0.25) is 0 Å². The molecule has 84 valence electrons. The summed E-state index contributed by atoms with van der Waals surface area (Å²) >= 11 is 0. The van der Waals surface area contributed by atoms with Gasteiger partial charge in [0.15, 0.2) is 0 Å². The Kier molecular flexibility index (Phi) is 5.19. The Morgan fingerprint density at radius 2 is 1.93 bits per heavy atom. The molecular weight excluding hydrogens is 186 g/mol. The summed E-state index contributed by atoms with van der Waals surface area (Å²) in [5.41, 5.74) is 1.38. The lowest BCUT2D eigenvalue weighted by molar-refractivity contribution is 0.414. The Bertz CT molecular complexity index is 268. The first kappa shape index (κ1) is 12.1. The van der Waals surface area contributed by atoms with Crippen molar-refractivity contribution < 1.29 is 4.74 Å². The Labute approximate surface area is 92.6 Å². The summed E-state index contributed by atoms with van der Waals surface area (Å²) < 4.78 is 5.13. The maximum absolute atomic E-state index is 5.13. The maximum Gasteiger partial charge on any atom is 0.118 e. The molecule has 1 N–H and O–H groups in total. The van der Waals surface area contributed by atoms with E-state index in [1.807, 2.05) is 12.1 Å². The molecule has 15 heavy (non-hydrogen) atoms. The Morgan fingerprint density at radius 1 is 1.27 bits per heavy atom. The smallest absolute Gasteiger partial charge is 0.118 e. The summed E-state index contributed by atoms with van der Waals surface area (Å²) in [5, 5.41) is 3.37. The van der Waals surface area contributed by atoms with Crippen LogP contribution in [0.3, 0.4) is 0 Å². The molecule has 0 aromatic heterocycles. The lowest BCUT2D eigenvalue weighted by Crippen LogP contribution is -2.21. The SMILES string of the molecule is CCNCC(C)Cc1ccc(OC)cc1. The average Bonchev–Trinajstić information content (AvgIpc) is 2.27. The van der Waals surface area contributed by atoms with Crippen molar-refractivity contribution in [3.8, 4) is 5.75 Å². The molecule has 0 aliphatic heterocycles. The van der Waals surface area contributed by atoms with E-state index in [1.165, 1.54) is 5.56 Å². The molecular formula is C13H21NO. The summed E-state index contributed by atoms with van der Waals surface area (Å²) in [6.45, 7) is 6.54. The van der Waals surface area contributed by atoms with Crippen LogP contribution in [-0.4, -0.2) is 20.2 Å². The van der Waals surface area contributed by atoms with Crippen LogP contribution >= 0.6 is 0 Å². The van der Waals surface area contributed by atoms with Gasteiger partial charge in [0, 0.05) is 0 Å². The van der Waals surface area contributed by atoms with Crippen molar-refractivity contribution in [1.29, 1.82) is 0 Å². The molecule has 1 aromatic carbocycles. The molecule has 0 saturated carbocycles. The standard InChI is InChI=1S/C13H21NO/c1-4-14-10-11(2)9-12-5-7-13(15-3)8-6-12/h5-8,11,14H,4,9-10H2,1-3H3. The van der Waals surface area contributed by atoms with Gasteiger partial charge in [-0.25, -0.2) is 0 Å². The van der Waals surface area contributed by atoms with Gasteiger partial charge >= 0.3 is 0 Å². The van der Waals surface area contributed by atoms with Gasteiger partial charge in [0.1, 0.15) is 5.75 Å². The highest BCUT2D eigenvalue weighted by Crippen LogP contribution is 2.14. The van der Waals surface area contributed by atoms with Gasteiger partial charge in [-0.05, 0) is 43.1 Å². The first-order valence-corrected chi connectivity index (χ1v) is 5.60. The van der Waals surface area contributed by atoms with Gasteiger partial charge in [-0.15, -0.1) is 0 Å². The number of rotatable bonds is 6. The number of hydrogen-bond donors (Lipinski definition) is 1. The minimum atomic E-state index is 0.679. The fraction of sp³-hybridized carbons (Fsp3) is 0.538. The molecule has 0 bridgehead atoms. The molecule has 2 nitrogen and oxygen atoms in total. The van der Waals surface area contributed by atoms with Crippen LogP contribution < -0.4 is 10.1 Å². The summed E-state index contributed by atoms with van der Waals surface area (Å²) in [4.78, 5) is 0. The lowest BCUT2D eigenvalue weighted by Gasteiger charge is -2.11. The number of nitrogens with one attached hydrogen (secondary N) is 1. The molecule has 0 spiro atoms. The van der Waals surface area contributed by atoms with Gasteiger partial charge in [-0.2, -0.15) is 0 Å². The topological polar surface area (TPSA) is 21.3 Å². The number of benzene rings is 1. The monoisotopic (exact) mass is 207 g/mol. The van der Waals surface area contributed by atoms with Gasteiger partial charge < -0.3 is 10.1 Å². The summed E-state index contributed by atoms with van der Waals surface area (Å²) in [7, 11) is 1.70. The summed E-state index contributed by atoms with van der Waals surface area (Å²) in [6, 6.07) is 8.33. The Balaban J connectivity index is 2.42. The second-order valence-electron chi connectivity index (χ2n) is 3.97. The van der Waals surface area contributed by atoms with E-state index in [4.69, 9.17) is 4.74 Å². The molecule has 0 aliphatic carbocycles. The molecule has 0 amide bonds. The second-order valence-corrected chi connectivity index (χ2v) is 3.97. The van der Waals surface area contributed by atoms with Crippen molar-refractivity contribution in [2.24, 2.45) is 5.92 Å². The Morgan fingerprint density at radius 3 is 2.47 bits per heavy atom. The fourth-order valence-corrected chi connectivity index (χ4v) is 1.63. The molecule has 0 aliphatic rings. The van der Waals surface area contributed by atoms with Crippen LogP contribution in [0.2, 0.25) is 0 Å². The van der Waals surface area contributed by atoms with E-state index in [-0.39, 0.29) is 0 Å². The summed E-state index contributed by atoms with van der Waals surface area (Å²) in [6.07, 6.45) is 1.12. The van der Waals surface area contributed by atoms with Gasteiger partial charge in [0.05, 0.1) is 7.11 Å². The minimum absolute atomic E-state index is 0.679. The fourth-order valence-electron chi connectivity index (χ4n) is 1.63. The number of hydrogen-bond acceptors (Lipinski definition) is 2. The molecule has 0 saturated heterocycles. The van der Waals surface area contributed by atoms with Crippen molar-refractivity contribution in [2.75, 3.05) is 20.2 Å². The van der Waals surface area contributed by atoms with Crippen LogP contribution in [-0.2, 0) is 6.42 Å². The first-order valence-electron chi connectivity index (χ1n) is 5.60. The van der Waals surface area contributed by atoms with E-state index in [2.05, 4.69) is 31.3 Å². The Hall–Kier alpha value is -1.02. The molecule has 1 unspecified atom stereocenters. The highest BCUT2D eigenvalue weighted by molar-refractivity contribution is 5.27. The molecule has 1 rings (SSSR count). The predicted octanol–water partition coefficient (Wildman–Crippen LogP) is 2.48. The van der Waals surface area contributed by atoms with Gasteiger partial charge in [0.25, 0.3) is 0 Å². The van der Waals surface area contributed by atoms with Crippen LogP contribution in [0, 0.1) is 5.92 Å². The largest absolute Gasteiger partial charge is 0.497 e. The third-order valence-electron chi connectivity index (χ3n) is 2.49. The summed E-state index contributed by atoms with van der Waals surface area (Å²) in [5.74, 6) is 1.61. The number of methoxy groups -OCH3 is 1. The minimum Gasteiger partial charge on any atom is -0.497 e. The molecule has 0 radical (unpaired) electrons. The van der Waals surface area contributed by atoms with Crippen LogP contribution in [0.4, 0.5) is 0 Å². The third kappa shape index (κ3) is 4.34. The zero-order valence-electron chi connectivity index (χ0n) is 9.92. The van der Waals surface area contributed by atoms with Crippen LogP contribution in [0.25, 0.3) is 0 Å². The van der Waals surface area contributed by atoms with E-state index in [0.29, 0.717) is 5.92 Å². The number of ether oxygens (including phenoxy) is 1. The molecule has 0 fully saturated rings. The quantitative estimate of drug-likeness (QED) is 0.773. The third-order valence-corrected chi connectivity index (χ3v) is 2.49. The molecule has 2 heteroatoms. The van der Waals surface area contributed by atoms with Crippen molar-refractivity contribution in [2.45, 2.75) is 20.3 Å². The predicted molar refractivity (Wildman–Crippen MR) is 64.4 cm³/mol. The highest BCUT2D eigenvalue weighted by Gasteiger charge is 2.02. The zero-order valence-corrected chi connectivity index (χ0v) is 9.92. The van der Waals surface area contributed by atoms with E-state index in [0.717, 1.165) is 25.3 Å². The average molecular weight is 207 g/mol. The van der Waals surface area contributed by atoms with Crippen molar-refractivity contribution >= 4 is 0 Å². The highest BCUT2D eigenvalue weighted by atomic mass is 16.5. The molecule has 1 aromatic rings. The maximum atomic E-state index is 5.13. The van der Waals surface area contributed by atoms with Crippen LogP contribution in [0.15, 0.2) is 24.3 Å². The van der Waals surface area contributed by atoms with Crippen LogP contribution in [0.1, 0.15) is 19.4 Å². The van der Waals surface area contributed by atoms with Crippen molar-refractivity contribution in [3.05, 3.63) is 29.8 Å². The zero-order chi connectivity index (χ0) is 11.1.